The van der Waals surface area contributed by atoms with Gasteiger partial charge < -0.3 is 29.4 Å². The molecule has 31 heavy (non-hydrogen) atoms. The Morgan fingerprint density at radius 3 is 2.58 bits per heavy atom. The third-order valence-corrected chi connectivity index (χ3v) is 5.42. The molecular weight excluding hydrogens is 398 g/mol. The first kappa shape index (κ1) is 22.5. The number of hydrogen-bond donors (Lipinski definition) is 2. The first-order valence-corrected chi connectivity index (χ1v) is 10.5. The van der Waals surface area contributed by atoms with Gasteiger partial charge in [-0.25, -0.2) is 4.79 Å². The van der Waals surface area contributed by atoms with E-state index in [9.17, 15) is 9.59 Å². The maximum Gasteiger partial charge on any atom is 0.317 e. The normalized spacial score (nSPS) is 18.5. The number of amides is 3. The van der Waals surface area contributed by atoms with Crippen molar-refractivity contribution < 1.29 is 23.5 Å². The van der Waals surface area contributed by atoms with E-state index in [-0.39, 0.29) is 29.8 Å². The summed E-state index contributed by atoms with van der Waals surface area (Å²) in [5.41, 5.74) is 1.00. The number of nitrogens with one attached hydrogen (secondary N) is 2. The molecule has 0 radical (unpaired) electrons. The number of urea groups is 1. The molecule has 168 valence electrons. The molecule has 2 N–H and O–H groups in total. The van der Waals surface area contributed by atoms with Gasteiger partial charge in [0.05, 0.1) is 32.9 Å². The number of furan rings is 1. The summed E-state index contributed by atoms with van der Waals surface area (Å²) in [4.78, 5) is 27.4. The number of benzene rings is 1. The lowest BCUT2D eigenvalue weighted by Gasteiger charge is -2.37. The lowest BCUT2D eigenvalue weighted by molar-refractivity contribution is -0.126. The van der Waals surface area contributed by atoms with E-state index in [0.29, 0.717) is 43.3 Å². The van der Waals surface area contributed by atoms with Gasteiger partial charge in [0.25, 0.3) is 0 Å². The SMILES string of the molecule is COc1ccc([C@H]2C[C@@H](C(=O)NCc3ccco3)CN(C(=O)NC(C)C)C2)cc1OC. The van der Waals surface area contributed by atoms with Crippen LogP contribution in [0.3, 0.4) is 0 Å². The highest BCUT2D eigenvalue weighted by Gasteiger charge is 2.35. The number of carbonyl (C=O) groups is 2. The van der Waals surface area contributed by atoms with E-state index in [2.05, 4.69) is 10.6 Å². The molecule has 0 unspecified atom stereocenters. The third kappa shape index (κ3) is 5.71. The molecule has 1 aromatic carbocycles. The zero-order valence-electron chi connectivity index (χ0n) is 18.5. The molecule has 2 heterocycles. The van der Waals surface area contributed by atoms with E-state index in [1.807, 2.05) is 38.1 Å². The fourth-order valence-electron chi connectivity index (χ4n) is 3.87. The van der Waals surface area contributed by atoms with Crippen molar-refractivity contribution in [2.75, 3.05) is 27.3 Å². The summed E-state index contributed by atoms with van der Waals surface area (Å²) in [5, 5.41) is 5.87. The van der Waals surface area contributed by atoms with Crippen LogP contribution in [0.25, 0.3) is 0 Å². The molecule has 2 atom stereocenters. The lowest BCUT2D eigenvalue weighted by atomic mass is 9.84. The van der Waals surface area contributed by atoms with Crippen LogP contribution in [0.5, 0.6) is 11.5 Å². The molecule has 1 saturated heterocycles. The quantitative estimate of drug-likeness (QED) is 0.705. The second kappa shape index (κ2) is 10.2. The van der Waals surface area contributed by atoms with E-state index < -0.39 is 0 Å². The summed E-state index contributed by atoms with van der Waals surface area (Å²) in [7, 11) is 3.19. The fourth-order valence-corrected chi connectivity index (χ4v) is 3.87. The predicted octanol–water partition coefficient (Wildman–Crippen LogP) is 3.14. The first-order valence-electron chi connectivity index (χ1n) is 10.5. The van der Waals surface area contributed by atoms with Gasteiger partial charge in [-0.1, -0.05) is 6.07 Å². The summed E-state index contributed by atoms with van der Waals surface area (Å²) < 4.78 is 16.1. The van der Waals surface area contributed by atoms with Crippen LogP contribution in [0.15, 0.2) is 41.0 Å². The number of hydrogen-bond acceptors (Lipinski definition) is 5. The maximum absolute atomic E-state index is 12.9. The van der Waals surface area contributed by atoms with Gasteiger partial charge in [-0.2, -0.15) is 0 Å². The van der Waals surface area contributed by atoms with Crippen molar-refractivity contribution in [2.45, 2.75) is 38.8 Å². The van der Waals surface area contributed by atoms with Crippen molar-refractivity contribution >= 4 is 11.9 Å². The summed E-state index contributed by atoms with van der Waals surface area (Å²) >= 11 is 0. The summed E-state index contributed by atoms with van der Waals surface area (Å²) in [6.45, 7) is 5.05. The van der Waals surface area contributed by atoms with Gasteiger partial charge in [-0.15, -0.1) is 0 Å². The maximum atomic E-state index is 12.9. The van der Waals surface area contributed by atoms with E-state index in [1.165, 1.54) is 0 Å². The Labute approximate surface area is 182 Å². The molecule has 0 saturated carbocycles. The van der Waals surface area contributed by atoms with E-state index in [1.54, 1.807) is 31.4 Å². The van der Waals surface area contributed by atoms with Crippen LogP contribution in [-0.4, -0.2) is 50.2 Å². The molecule has 0 spiro atoms. The van der Waals surface area contributed by atoms with Crippen molar-refractivity contribution in [1.29, 1.82) is 0 Å². The van der Waals surface area contributed by atoms with Gasteiger partial charge in [0.1, 0.15) is 5.76 Å². The molecular formula is C23H31N3O5. The highest BCUT2D eigenvalue weighted by molar-refractivity contribution is 5.81. The Balaban J connectivity index is 1.79. The van der Waals surface area contributed by atoms with E-state index >= 15 is 0 Å². The Kier molecular flexibility index (Phi) is 7.44. The Bertz CT molecular complexity index is 881. The van der Waals surface area contributed by atoms with Crippen LogP contribution >= 0.6 is 0 Å². The minimum atomic E-state index is -0.334. The topological polar surface area (TPSA) is 93.0 Å². The number of nitrogens with zero attached hydrogens (tertiary/aromatic N) is 1. The average molecular weight is 430 g/mol. The number of piperidine rings is 1. The van der Waals surface area contributed by atoms with Crippen LogP contribution in [0.1, 0.15) is 37.5 Å². The van der Waals surface area contributed by atoms with Gasteiger partial charge in [-0.05, 0) is 50.1 Å². The molecule has 1 fully saturated rings. The summed E-state index contributed by atoms with van der Waals surface area (Å²) in [6.07, 6.45) is 2.21. The summed E-state index contributed by atoms with van der Waals surface area (Å²) in [6, 6.07) is 9.19. The predicted molar refractivity (Wildman–Crippen MR) is 116 cm³/mol. The molecule has 8 nitrogen and oxygen atoms in total. The molecule has 8 heteroatoms. The van der Waals surface area contributed by atoms with E-state index in [4.69, 9.17) is 13.9 Å². The van der Waals surface area contributed by atoms with Crippen molar-refractivity contribution in [2.24, 2.45) is 5.92 Å². The monoisotopic (exact) mass is 429 g/mol. The fraction of sp³-hybridized carbons (Fsp3) is 0.478. The molecule has 0 aliphatic carbocycles. The van der Waals surface area contributed by atoms with Crippen LogP contribution in [-0.2, 0) is 11.3 Å². The number of likely N-dealkylation sites (tertiary alicyclic amines) is 1. The Hall–Kier alpha value is -3.16. The minimum absolute atomic E-state index is 0.00849. The van der Waals surface area contributed by atoms with Gasteiger partial charge >= 0.3 is 6.03 Å². The lowest BCUT2D eigenvalue weighted by Crippen LogP contribution is -2.52. The molecule has 1 aliphatic heterocycles. The van der Waals surface area contributed by atoms with Crippen LogP contribution in [0.2, 0.25) is 0 Å². The van der Waals surface area contributed by atoms with Crippen molar-refractivity contribution in [3.05, 3.63) is 47.9 Å². The van der Waals surface area contributed by atoms with Crippen LogP contribution in [0, 0.1) is 5.92 Å². The number of methoxy groups -OCH3 is 2. The molecule has 1 aromatic heterocycles. The smallest absolute Gasteiger partial charge is 0.317 e. The zero-order chi connectivity index (χ0) is 22.4. The van der Waals surface area contributed by atoms with Gasteiger partial charge in [0, 0.05) is 25.0 Å². The molecule has 1 aliphatic rings. The molecule has 2 aromatic rings. The highest BCUT2D eigenvalue weighted by atomic mass is 16.5. The van der Waals surface area contributed by atoms with Gasteiger partial charge in [-0.3, -0.25) is 4.79 Å². The average Bonchev–Trinajstić information content (AvgIpc) is 3.29. The second-order valence-corrected chi connectivity index (χ2v) is 8.05. The first-order chi connectivity index (χ1) is 14.9. The summed E-state index contributed by atoms with van der Waals surface area (Å²) in [5.74, 6) is 1.52. The number of carbonyl (C=O) groups excluding carboxylic acids is 2. The number of rotatable bonds is 7. The molecule has 3 rings (SSSR count). The largest absolute Gasteiger partial charge is 0.493 e. The van der Waals surface area contributed by atoms with Gasteiger partial charge in [0.15, 0.2) is 11.5 Å². The Morgan fingerprint density at radius 2 is 1.94 bits per heavy atom. The standard InChI is InChI=1S/C23H31N3O5/c1-15(2)25-23(28)26-13-17(16-7-8-20(29-3)21(11-16)30-4)10-18(14-26)22(27)24-12-19-6-5-9-31-19/h5-9,11,15,17-18H,10,12-14H2,1-4H3,(H,24,27)(H,25,28)/t17-,18+/m0/s1. The van der Waals surface area contributed by atoms with Crippen LogP contribution < -0.4 is 20.1 Å². The third-order valence-electron chi connectivity index (χ3n) is 5.42. The number of ether oxygens (including phenoxy) is 2. The van der Waals surface area contributed by atoms with Crippen LogP contribution in [0.4, 0.5) is 4.79 Å². The van der Waals surface area contributed by atoms with Crippen molar-refractivity contribution in [3.63, 3.8) is 0 Å². The zero-order valence-corrected chi connectivity index (χ0v) is 18.5. The molecule has 3 amide bonds. The Morgan fingerprint density at radius 1 is 1.16 bits per heavy atom. The molecule has 0 bridgehead atoms. The highest BCUT2D eigenvalue weighted by Crippen LogP contribution is 2.36. The van der Waals surface area contributed by atoms with Gasteiger partial charge in [0.2, 0.25) is 5.91 Å². The van der Waals surface area contributed by atoms with Crippen molar-refractivity contribution in [3.8, 4) is 11.5 Å². The van der Waals surface area contributed by atoms with Crippen molar-refractivity contribution in [1.82, 2.24) is 15.5 Å². The van der Waals surface area contributed by atoms with E-state index in [0.717, 1.165) is 5.56 Å². The second-order valence-electron chi connectivity index (χ2n) is 8.05. The minimum Gasteiger partial charge on any atom is -0.493 e.